The number of fused-ring (bicyclic) bond motifs is 1. The Morgan fingerprint density at radius 3 is 2.09 bits per heavy atom. The van der Waals surface area contributed by atoms with Gasteiger partial charge in [-0.2, -0.15) is 6.07 Å². The molecule has 0 nitrogen and oxygen atoms in total. The number of hydrogen-bond donors (Lipinski definition) is 0. The fraction of sp³-hybridized carbons (Fsp3) is 0.211. The average Bonchev–Trinajstić information content (AvgIpc) is 2.92. The van der Waals surface area contributed by atoms with E-state index in [4.69, 9.17) is 0 Å². The third kappa shape index (κ3) is 6.63. The van der Waals surface area contributed by atoms with Crippen molar-refractivity contribution in [3.05, 3.63) is 66.2 Å². The summed E-state index contributed by atoms with van der Waals surface area (Å²) in [6.45, 7) is 6.62. The van der Waals surface area contributed by atoms with E-state index in [9.17, 15) is 0 Å². The van der Waals surface area contributed by atoms with Crippen LogP contribution in [0.4, 0.5) is 0 Å². The van der Waals surface area contributed by atoms with Gasteiger partial charge >= 0.3 is 26.2 Å². The van der Waals surface area contributed by atoms with Crippen LogP contribution in [0, 0.1) is 0 Å². The molecule has 0 fully saturated rings. The molecule has 0 spiro atoms. The maximum Gasteiger partial charge on any atom is 3.00 e. The van der Waals surface area contributed by atoms with E-state index >= 15 is 0 Å². The van der Waals surface area contributed by atoms with E-state index in [1.807, 2.05) is 0 Å². The molecule has 2 radical (unpaired) electrons. The van der Waals surface area contributed by atoms with Crippen molar-refractivity contribution < 1.29 is 51.0 Å². The van der Waals surface area contributed by atoms with Crippen molar-refractivity contribution in [1.29, 1.82) is 0 Å². The fourth-order valence-corrected chi connectivity index (χ4v) is 2.37. The van der Waals surface area contributed by atoms with Crippen molar-refractivity contribution in [2.24, 2.45) is 0 Å². The van der Waals surface area contributed by atoms with Crippen molar-refractivity contribution in [1.82, 2.24) is 0 Å². The minimum absolute atomic E-state index is 0. The molecule has 0 saturated heterocycles. The van der Waals surface area contributed by atoms with Crippen molar-refractivity contribution in [3.63, 3.8) is 0 Å². The zero-order valence-electron chi connectivity index (χ0n) is 13.8. The second-order valence-electron chi connectivity index (χ2n) is 4.97. The van der Waals surface area contributed by atoms with E-state index < -0.39 is 0 Å². The van der Waals surface area contributed by atoms with Gasteiger partial charge in [-0.1, -0.05) is 62.0 Å². The van der Waals surface area contributed by atoms with Crippen LogP contribution in [-0.4, -0.2) is 9.52 Å². The number of rotatable bonds is 2. The van der Waals surface area contributed by atoms with E-state index in [1.54, 1.807) is 0 Å². The number of aryl methyl sites for hydroxylation is 1. The first-order chi connectivity index (χ1) is 9.80. The van der Waals surface area contributed by atoms with Gasteiger partial charge in [0, 0.05) is 9.52 Å². The Morgan fingerprint density at radius 2 is 1.52 bits per heavy atom. The smallest absolute Gasteiger partial charge is 1.00 e. The zero-order valence-corrected chi connectivity index (χ0v) is 18.9. The average molecular weight is 441 g/mol. The van der Waals surface area contributed by atoms with Gasteiger partial charge in [-0.05, 0) is 12.0 Å². The van der Waals surface area contributed by atoms with E-state index in [1.165, 1.54) is 27.5 Å². The molecule has 3 rings (SSSR count). The summed E-state index contributed by atoms with van der Waals surface area (Å²) >= 11 is 0. The van der Waals surface area contributed by atoms with E-state index in [0.717, 1.165) is 15.9 Å². The van der Waals surface area contributed by atoms with Gasteiger partial charge in [0.05, 0.1) is 0 Å². The molecule has 23 heavy (non-hydrogen) atoms. The largest absolute Gasteiger partial charge is 3.00 e. The molecule has 4 heteroatoms. The minimum Gasteiger partial charge on any atom is -1.00 e. The third-order valence-electron chi connectivity index (χ3n) is 3.30. The molecule has 3 aromatic rings. The zero-order chi connectivity index (χ0) is 14.4. The minimum atomic E-state index is 0. The second-order valence-corrected chi connectivity index (χ2v) is 6.12. The summed E-state index contributed by atoms with van der Waals surface area (Å²) < 4.78 is 0. The van der Waals surface area contributed by atoms with Crippen LogP contribution in [-0.2, 0) is 32.6 Å². The Morgan fingerprint density at radius 1 is 0.913 bits per heavy atom. The first-order valence-corrected chi connectivity index (χ1v) is 9.58. The van der Waals surface area contributed by atoms with E-state index in [-0.39, 0.29) is 51.0 Å². The van der Waals surface area contributed by atoms with Gasteiger partial charge in [-0.25, -0.2) is 0 Å². The first-order valence-electron chi connectivity index (χ1n) is 7.27. The molecule has 0 saturated carbocycles. The van der Waals surface area contributed by atoms with Crippen LogP contribution in [0.15, 0.2) is 60.7 Å². The van der Waals surface area contributed by atoms with Crippen LogP contribution >= 0.6 is 0 Å². The Kier molecular flexibility index (Phi) is 14.2. The molecule has 0 aliphatic rings. The Hall–Kier alpha value is -0.270. The van der Waals surface area contributed by atoms with Crippen LogP contribution in [0.3, 0.4) is 0 Å². The van der Waals surface area contributed by atoms with E-state index in [0.29, 0.717) is 0 Å². The molecule has 120 valence electrons. The summed E-state index contributed by atoms with van der Waals surface area (Å²) in [5.74, 6) is 0. The topological polar surface area (TPSA) is 0 Å². The Balaban J connectivity index is 0. The van der Waals surface area contributed by atoms with Crippen molar-refractivity contribution in [2.75, 3.05) is 0 Å². The molecule has 3 aromatic carbocycles. The molecule has 0 atom stereocenters. The van der Waals surface area contributed by atoms with Crippen LogP contribution in [0.5, 0.6) is 0 Å². The monoisotopic (exact) mass is 438 g/mol. The Labute approximate surface area is 174 Å². The van der Waals surface area contributed by atoms with Crippen molar-refractivity contribution in [2.45, 2.75) is 26.4 Å². The van der Waals surface area contributed by atoms with Gasteiger partial charge in [0.25, 0.3) is 0 Å². The molecule has 0 amide bonds. The normalized spacial score (nSPS) is 8.83. The summed E-state index contributed by atoms with van der Waals surface area (Å²) in [5.41, 5.74) is 4.05. The maximum absolute atomic E-state index is 2.32. The van der Waals surface area contributed by atoms with Gasteiger partial charge in [-0.3, -0.25) is 0 Å². The summed E-state index contributed by atoms with van der Waals surface area (Å²) in [5, 5.41) is 2.72. The standard InChI is InChI=1S/C17H15.C2H7Si.2ClH.Zr/c1-2-13-11-15-9-6-10-16(17(15)12-13)14-7-4-3-5-8-14;1-3-2;;;/h3-12H,2H2,1H3;3H,1-2H3;2*1H;/q-1;;;;+3/p-2. The molecule has 0 heterocycles. The molecular weight excluding hydrogens is 418 g/mol. The maximum atomic E-state index is 2.32. The molecule has 0 bridgehead atoms. The van der Waals surface area contributed by atoms with Crippen LogP contribution in [0.2, 0.25) is 13.1 Å². The number of hydrogen-bond acceptors (Lipinski definition) is 0. The first kappa shape index (κ1) is 25.0. The van der Waals surface area contributed by atoms with Gasteiger partial charge in [0.2, 0.25) is 0 Å². The summed E-state index contributed by atoms with van der Waals surface area (Å²) in [4.78, 5) is 0. The summed E-state index contributed by atoms with van der Waals surface area (Å²) in [7, 11) is 0.750. The SMILES string of the molecule is CCc1cc2c(-c3ccccc3)cccc2[cH-]1.C[SiH]C.[Cl-].[Cl-].[Zr+3]. The van der Waals surface area contributed by atoms with Crippen LogP contribution in [0.25, 0.3) is 21.9 Å². The van der Waals surface area contributed by atoms with Crippen molar-refractivity contribution in [3.8, 4) is 11.1 Å². The van der Waals surface area contributed by atoms with Crippen LogP contribution < -0.4 is 24.8 Å². The van der Waals surface area contributed by atoms with Gasteiger partial charge in [0.15, 0.2) is 0 Å². The molecule has 0 aliphatic carbocycles. The van der Waals surface area contributed by atoms with E-state index in [2.05, 4.69) is 80.7 Å². The molecule has 0 unspecified atom stereocenters. The van der Waals surface area contributed by atoms with Gasteiger partial charge in [-0.15, -0.1) is 34.5 Å². The number of benzene rings is 2. The number of halogens is 2. The van der Waals surface area contributed by atoms with Gasteiger partial charge < -0.3 is 24.8 Å². The molecule has 0 N–H and O–H groups in total. The summed E-state index contributed by atoms with van der Waals surface area (Å²) in [6.07, 6.45) is 1.10. The molecule has 0 aromatic heterocycles. The van der Waals surface area contributed by atoms with Crippen molar-refractivity contribution >= 4 is 20.3 Å². The second kappa shape index (κ2) is 13.1. The molecule has 0 aliphatic heterocycles. The van der Waals surface area contributed by atoms with Crippen LogP contribution in [0.1, 0.15) is 12.5 Å². The fourth-order valence-electron chi connectivity index (χ4n) is 2.37. The predicted octanol–water partition coefficient (Wildman–Crippen LogP) is -0.687. The summed E-state index contributed by atoms with van der Waals surface area (Å²) in [6, 6.07) is 21.8. The Bertz CT molecular complexity index is 665. The van der Waals surface area contributed by atoms with Gasteiger partial charge in [0.1, 0.15) is 0 Å². The third-order valence-corrected chi connectivity index (χ3v) is 3.30. The predicted molar refractivity (Wildman–Crippen MR) is 93.2 cm³/mol. The quantitative estimate of drug-likeness (QED) is 0.366. The molecular formula is C19H22Cl2SiZr.